The van der Waals surface area contributed by atoms with Gasteiger partial charge in [-0.2, -0.15) is 0 Å². The Bertz CT molecular complexity index is 2170. The number of amides is 3. The summed E-state index contributed by atoms with van der Waals surface area (Å²) in [4.78, 5) is 69.5. The predicted octanol–water partition coefficient (Wildman–Crippen LogP) is 7.43. The number of thioether (sulfide) groups is 1. The first-order valence-electron chi connectivity index (χ1n) is 19.7. The number of nitrogens with zero attached hydrogens (tertiary/aromatic N) is 3. The van der Waals surface area contributed by atoms with Crippen LogP contribution < -0.4 is 10.6 Å². The molecule has 306 valence electrons. The van der Waals surface area contributed by atoms with E-state index in [0.29, 0.717) is 11.7 Å². The molecule has 3 heterocycles. The van der Waals surface area contributed by atoms with Crippen LogP contribution in [-0.4, -0.2) is 85.6 Å². The predicted molar refractivity (Wildman–Crippen MR) is 224 cm³/mol. The van der Waals surface area contributed by atoms with E-state index < -0.39 is 24.3 Å². The van der Waals surface area contributed by atoms with E-state index in [4.69, 9.17) is 14.5 Å². The summed E-state index contributed by atoms with van der Waals surface area (Å²) in [6, 6.07) is 14.2. The van der Waals surface area contributed by atoms with E-state index in [0.717, 1.165) is 58.7 Å². The highest BCUT2D eigenvalue weighted by molar-refractivity contribution is 8.00. The Hall–Kier alpha value is -5.55. The third kappa shape index (κ3) is 9.26. The van der Waals surface area contributed by atoms with Gasteiger partial charge in [-0.15, -0.1) is 11.8 Å². The highest BCUT2D eigenvalue weighted by Crippen LogP contribution is 2.48. The minimum absolute atomic E-state index is 0.0195. The summed E-state index contributed by atoms with van der Waals surface area (Å²) in [5, 5.41) is 5.43. The Kier molecular flexibility index (Phi) is 13.0. The molecule has 4 aromatic rings. The summed E-state index contributed by atoms with van der Waals surface area (Å²) >= 11 is 1.67. The van der Waals surface area contributed by atoms with Gasteiger partial charge in [0.1, 0.15) is 23.7 Å². The first kappa shape index (κ1) is 42.1. The number of imidazole rings is 2. The molecular weight excluding hydrogens is 755 g/mol. The highest BCUT2D eigenvalue weighted by Gasteiger charge is 2.48. The number of rotatable bonds is 11. The largest absolute Gasteiger partial charge is 0.453 e. The molecule has 1 unspecified atom stereocenters. The van der Waals surface area contributed by atoms with Crippen molar-refractivity contribution in [2.75, 3.05) is 20.1 Å². The molecular formula is C44H53N7O6S. The SMILES string of the molecule is COC(=O)N[C@H](C(=O)C1CCC[C@H]1c1ncc(-c2ccc(C#Cc3ccc(-c4cnc([C@H]5N(C(=O)[C@@H](NC(=O)OC)C(C)C)CSC5(C)C)[nH]4)cc3)cc2)[nH]1)C(C)C. The molecule has 1 aliphatic heterocycles. The maximum Gasteiger partial charge on any atom is 0.407 e. The maximum atomic E-state index is 13.8. The number of carbonyl (C=O) groups excluding carboxylic acids is 4. The smallest absolute Gasteiger partial charge is 0.407 e. The van der Waals surface area contributed by atoms with Crippen LogP contribution in [0.5, 0.6) is 0 Å². The number of ether oxygens (including phenoxy) is 2. The lowest BCUT2D eigenvalue weighted by Gasteiger charge is -2.33. The quantitative estimate of drug-likeness (QED) is 0.113. The third-order valence-corrected chi connectivity index (χ3v) is 12.5. The number of Topliss-reactive ketones (excluding diaryl/α,β-unsaturated/α-hetero) is 1. The highest BCUT2D eigenvalue weighted by atomic mass is 32.2. The van der Waals surface area contributed by atoms with E-state index in [-0.39, 0.29) is 46.2 Å². The molecule has 6 rings (SSSR count). The second-order valence-electron chi connectivity index (χ2n) is 16.1. The molecule has 1 saturated carbocycles. The van der Waals surface area contributed by atoms with Crippen LogP contribution in [-0.2, 0) is 19.1 Å². The van der Waals surface area contributed by atoms with E-state index in [1.165, 1.54) is 14.2 Å². The molecule has 4 N–H and O–H groups in total. The fourth-order valence-corrected chi connectivity index (χ4v) is 8.97. The van der Waals surface area contributed by atoms with Gasteiger partial charge in [0.2, 0.25) is 5.91 Å². The second-order valence-corrected chi connectivity index (χ2v) is 17.7. The molecule has 3 amide bonds. The molecule has 13 nitrogen and oxygen atoms in total. The molecule has 2 fully saturated rings. The fraction of sp³-hybridized carbons (Fsp3) is 0.455. The molecule has 2 aromatic heterocycles. The molecule has 2 aliphatic rings. The van der Waals surface area contributed by atoms with Crippen molar-refractivity contribution in [3.05, 3.63) is 83.7 Å². The summed E-state index contributed by atoms with van der Waals surface area (Å²) in [6.07, 6.45) is 4.87. The summed E-state index contributed by atoms with van der Waals surface area (Å²) in [6.45, 7) is 11.8. The summed E-state index contributed by atoms with van der Waals surface area (Å²) < 4.78 is 9.23. The van der Waals surface area contributed by atoms with E-state index in [1.807, 2.05) is 82.4 Å². The average molecular weight is 808 g/mol. The van der Waals surface area contributed by atoms with Gasteiger partial charge in [0, 0.05) is 27.7 Å². The second kappa shape index (κ2) is 17.9. The Morgan fingerprint density at radius 3 is 1.79 bits per heavy atom. The number of H-pyrrole nitrogens is 2. The van der Waals surface area contributed by atoms with Crippen LogP contribution in [0.1, 0.15) is 95.5 Å². The molecule has 0 bridgehead atoms. The van der Waals surface area contributed by atoms with Gasteiger partial charge in [-0.05, 0) is 73.9 Å². The fourth-order valence-electron chi connectivity index (χ4n) is 7.83. The Morgan fingerprint density at radius 1 is 0.776 bits per heavy atom. The number of methoxy groups -OCH3 is 2. The van der Waals surface area contributed by atoms with E-state index in [9.17, 15) is 19.2 Å². The summed E-state index contributed by atoms with van der Waals surface area (Å²) in [7, 11) is 2.58. The molecule has 1 aliphatic carbocycles. The molecule has 14 heteroatoms. The van der Waals surface area contributed by atoms with Gasteiger partial charge in [0.05, 0.1) is 49.9 Å². The van der Waals surface area contributed by atoms with E-state index >= 15 is 0 Å². The molecule has 2 aromatic carbocycles. The third-order valence-electron chi connectivity index (χ3n) is 11.1. The molecule has 0 spiro atoms. The van der Waals surface area contributed by atoms with E-state index in [2.05, 4.69) is 51.3 Å². The number of aromatic nitrogens is 4. The Labute approximate surface area is 344 Å². The lowest BCUT2D eigenvalue weighted by molar-refractivity contribution is -0.136. The van der Waals surface area contributed by atoms with Crippen LogP contribution in [0.2, 0.25) is 0 Å². The minimum Gasteiger partial charge on any atom is -0.453 e. The zero-order valence-electron chi connectivity index (χ0n) is 34.3. The van der Waals surface area contributed by atoms with Crippen molar-refractivity contribution in [3.63, 3.8) is 0 Å². The van der Waals surface area contributed by atoms with Crippen molar-refractivity contribution in [1.29, 1.82) is 0 Å². The van der Waals surface area contributed by atoms with Gasteiger partial charge < -0.3 is 35.0 Å². The van der Waals surface area contributed by atoms with Gasteiger partial charge in [-0.3, -0.25) is 9.59 Å². The average Bonchev–Trinajstić information content (AvgIpc) is 4.04. The Morgan fingerprint density at radius 2 is 1.28 bits per heavy atom. The molecule has 0 radical (unpaired) electrons. The van der Waals surface area contributed by atoms with Crippen LogP contribution in [0.3, 0.4) is 0 Å². The van der Waals surface area contributed by atoms with Gasteiger partial charge in [0.15, 0.2) is 5.78 Å². The number of aromatic amines is 2. The van der Waals surface area contributed by atoms with Crippen LogP contribution >= 0.6 is 11.8 Å². The molecule has 58 heavy (non-hydrogen) atoms. The van der Waals surface area contributed by atoms with Crippen molar-refractivity contribution in [3.8, 4) is 34.4 Å². The van der Waals surface area contributed by atoms with Crippen LogP contribution in [0.15, 0.2) is 60.9 Å². The van der Waals surface area contributed by atoms with E-state index in [1.54, 1.807) is 22.9 Å². The number of carbonyl (C=O) groups is 4. The van der Waals surface area contributed by atoms with Crippen LogP contribution in [0.4, 0.5) is 9.59 Å². The van der Waals surface area contributed by atoms with Crippen molar-refractivity contribution in [1.82, 2.24) is 35.5 Å². The zero-order chi connectivity index (χ0) is 41.7. The van der Waals surface area contributed by atoms with Gasteiger partial charge in [-0.1, -0.05) is 70.2 Å². The molecule has 1 saturated heterocycles. The number of hydrogen-bond acceptors (Lipinski definition) is 9. The van der Waals surface area contributed by atoms with Gasteiger partial charge >= 0.3 is 12.2 Å². The lowest BCUT2D eigenvalue weighted by Crippen LogP contribution is -2.52. The Balaban J connectivity index is 1.10. The minimum atomic E-state index is -0.729. The number of ketones is 1. The van der Waals surface area contributed by atoms with Crippen LogP contribution in [0.25, 0.3) is 22.5 Å². The normalized spacial score (nSPS) is 19.6. The summed E-state index contributed by atoms with van der Waals surface area (Å²) in [5.74, 6) is 7.81. The van der Waals surface area contributed by atoms with Crippen molar-refractivity contribution in [2.45, 2.75) is 89.6 Å². The summed E-state index contributed by atoms with van der Waals surface area (Å²) in [5.41, 5.74) is 5.31. The standard InChI is InChI=1S/C44H53N7O6S/c1-25(2)35(49-42(54)56-7)37(52)31-10-9-11-32(31)39-45-22-33(47-39)29-18-14-27(15-19-29)12-13-28-16-20-30(21-17-28)34-23-46-40(48-34)38-44(5,6)58-24-51(38)41(53)36(26(3)4)50-43(55)57-8/h14-23,25-26,31-32,35-36,38H,9-11,24H2,1-8H3,(H,45,47)(H,46,48)(H,49,54)(H,50,55)/t31?,32-,35+,36+,38-/m1/s1. The van der Waals surface area contributed by atoms with Crippen molar-refractivity contribution >= 4 is 35.6 Å². The number of alkyl carbamates (subject to hydrolysis) is 2. The first-order valence-corrected chi connectivity index (χ1v) is 20.7. The molecule has 5 atom stereocenters. The topological polar surface area (TPSA) is 171 Å². The maximum absolute atomic E-state index is 13.8. The number of nitrogens with one attached hydrogen (secondary N) is 4. The van der Waals surface area contributed by atoms with Gasteiger partial charge in [0.25, 0.3) is 0 Å². The van der Waals surface area contributed by atoms with Gasteiger partial charge in [-0.25, -0.2) is 19.6 Å². The van der Waals surface area contributed by atoms with Crippen LogP contribution in [0, 0.1) is 29.6 Å². The monoisotopic (exact) mass is 807 g/mol. The zero-order valence-corrected chi connectivity index (χ0v) is 35.2. The van der Waals surface area contributed by atoms with Crippen molar-refractivity contribution < 1.29 is 28.7 Å². The number of hydrogen-bond donors (Lipinski definition) is 4. The number of benzene rings is 2. The van der Waals surface area contributed by atoms with Crippen molar-refractivity contribution in [2.24, 2.45) is 17.8 Å². The first-order chi connectivity index (χ1) is 27.7. The lowest BCUT2D eigenvalue weighted by atomic mass is 9.84.